The lowest BCUT2D eigenvalue weighted by Gasteiger charge is -2.07. The predicted octanol–water partition coefficient (Wildman–Crippen LogP) is 4.49. The first-order chi connectivity index (χ1) is 6.72. The maximum atomic E-state index is 3.71. The monoisotopic (exact) mass is 254 g/mol. The van der Waals surface area contributed by atoms with Gasteiger partial charge in [-0.1, -0.05) is 59.1 Å². The summed E-state index contributed by atoms with van der Waals surface area (Å²) in [6.07, 6.45) is 4.99. The molecule has 14 heavy (non-hydrogen) atoms. The zero-order valence-corrected chi connectivity index (χ0v) is 10.7. The van der Waals surface area contributed by atoms with Crippen molar-refractivity contribution in [2.75, 3.05) is 0 Å². The van der Waals surface area contributed by atoms with Crippen LogP contribution >= 0.6 is 15.9 Å². The molecule has 0 radical (unpaired) electrons. The minimum atomic E-state index is 0.689. The minimum Gasteiger partial charge on any atom is -0.0891 e. The fraction of sp³-hybridized carbons (Fsp3) is 0.538. The molecule has 0 aliphatic carbocycles. The Hall–Kier alpha value is -0.300. The van der Waals surface area contributed by atoms with Crippen LogP contribution in [0.2, 0.25) is 0 Å². The fourth-order valence-corrected chi connectivity index (χ4v) is 2.22. The molecule has 0 aliphatic heterocycles. The van der Waals surface area contributed by atoms with Crippen LogP contribution in [-0.2, 0) is 6.42 Å². The molecule has 0 bridgehead atoms. The van der Waals surface area contributed by atoms with Gasteiger partial charge in [0.25, 0.3) is 0 Å². The van der Waals surface area contributed by atoms with E-state index in [1.165, 1.54) is 36.8 Å². The zero-order chi connectivity index (χ0) is 10.4. The van der Waals surface area contributed by atoms with Gasteiger partial charge in [0.2, 0.25) is 0 Å². The number of benzene rings is 1. The maximum Gasteiger partial charge on any atom is 0.0148 e. The standard InChI is InChI=1S/C13H19Br/c1-3-4-13(14)10-9-12-7-5-11(2)6-8-12/h5-8,13H,3-4,9-10H2,1-2H3. The number of halogens is 1. The van der Waals surface area contributed by atoms with Gasteiger partial charge in [-0.15, -0.1) is 0 Å². The van der Waals surface area contributed by atoms with Gasteiger partial charge in [-0.3, -0.25) is 0 Å². The molecule has 0 spiro atoms. The van der Waals surface area contributed by atoms with Crippen LogP contribution < -0.4 is 0 Å². The van der Waals surface area contributed by atoms with Gasteiger partial charge in [0.05, 0.1) is 0 Å². The van der Waals surface area contributed by atoms with Crippen LogP contribution in [0.15, 0.2) is 24.3 Å². The normalized spacial score (nSPS) is 12.8. The van der Waals surface area contributed by atoms with Crippen LogP contribution in [0.1, 0.15) is 37.3 Å². The van der Waals surface area contributed by atoms with Crippen LogP contribution in [0, 0.1) is 6.92 Å². The average molecular weight is 255 g/mol. The molecule has 0 saturated carbocycles. The number of alkyl halides is 1. The van der Waals surface area contributed by atoms with Crippen molar-refractivity contribution >= 4 is 15.9 Å². The number of aryl methyl sites for hydroxylation is 2. The van der Waals surface area contributed by atoms with Gasteiger partial charge in [0, 0.05) is 4.83 Å². The summed E-state index contributed by atoms with van der Waals surface area (Å²) >= 11 is 3.71. The molecule has 1 atom stereocenters. The van der Waals surface area contributed by atoms with Gasteiger partial charge >= 0.3 is 0 Å². The summed E-state index contributed by atoms with van der Waals surface area (Å²) in [5, 5.41) is 0. The third-order valence-electron chi connectivity index (χ3n) is 2.47. The Balaban J connectivity index is 2.34. The van der Waals surface area contributed by atoms with Gasteiger partial charge in [0.15, 0.2) is 0 Å². The summed E-state index contributed by atoms with van der Waals surface area (Å²) in [5.74, 6) is 0. The van der Waals surface area contributed by atoms with Crippen LogP contribution in [0.25, 0.3) is 0 Å². The summed E-state index contributed by atoms with van der Waals surface area (Å²) in [5.41, 5.74) is 2.80. The van der Waals surface area contributed by atoms with E-state index in [9.17, 15) is 0 Å². The first-order valence-electron chi connectivity index (χ1n) is 5.42. The van der Waals surface area contributed by atoms with Crippen molar-refractivity contribution in [1.29, 1.82) is 0 Å². The highest BCUT2D eigenvalue weighted by atomic mass is 79.9. The molecule has 1 rings (SSSR count). The highest BCUT2D eigenvalue weighted by Crippen LogP contribution is 2.15. The van der Waals surface area contributed by atoms with Crippen LogP contribution in [0.4, 0.5) is 0 Å². The van der Waals surface area contributed by atoms with Crippen molar-refractivity contribution in [2.24, 2.45) is 0 Å². The second-order valence-corrected chi connectivity index (χ2v) is 5.21. The van der Waals surface area contributed by atoms with Gasteiger partial charge in [-0.2, -0.15) is 0 Å². The Morgan fingerprint density at radius 3 is 2.36 bits per heavy atom. The molecule has 0 saturated heterocycles. The first kappa shape index (κ1) is 11.8. The molecular weight excluding hydrogens is 236 g/mol. The van der Waals surface area contributed by atoms with E-state index in [1.807, 2.05) is 0 Å². The van der Waals surface area contributed by atoms with Gasteiger partial charge in [-0.25, -0.2) is 0 Å². The van der Waals surface area contributed by atoms with Crippen LogP contribution in [0.3, 0.4) is 0 Å². The van der Waals surface area contributed by atoms with Crippen molar-refractivity contribution in [1.82, 2.24) is 0 Å². The van der Waals surface area contributed by atoms with Gasteiger partial charge in [-0.05, 0) is 31.7 Å². The molecule has 0 heterocycles. The maximum absolute atomic E-state index is 3.71. The Labute approximate surface area is 95.9 Å². The van der Waals surface area contributed by atoms with Gasteiger partial charge < -0.3 is 0 Å². The Morgan fingerprint density at radius 1 is 1.14 bits per heavy atom. The first-order valence-corrected chi connectivity index (χ1v) is 6.33. The summed E-state index contributed by atoms with van der Waals surface area (Å²) in [4.78, 5) is 0.689. The molecular formula is C13H19Br. The highest BCUT2D eigenvalue weighted by Gasteiger charge is 2.02. The van der Waals surface area contributed by atoms with Crippen molar-refractivity contribution in [3.05, 3.63) is 35.4 Å². The Bertz CT molecular complexity index is 250. The van der Waals surface area contributed by atoms with Crippen molar-refractivity contribution < 1.29 is 0 Å². The molecule has 0 amide bonds. The fourth-order valence-electron chi connectivity index (χ4n) is 1.54. The SMILES string of the molecule is CCCC(Br)CCc1ccc(C)cc1. The number of hydrogen-bond acceptors (Lipinski definition) is 0. The zero-order valence-electron chi connectivity index (χ0n) is 9.09. The summed E-state index contributed by atoms with van der Waals surface area (Å²) in [7, 11) is 0. The average Bonchev–Trinajstić information content (AvgIpc) is 2.17. The third-order valence-corrected chi connectivity index (χ3v) is 3.38. The van der Waals surface area contributed by atoms with Crippen molar-refractivity contribution in [2.45, 2.75) is 44.4 Å². The highest BCUT2D eigenvalue weighted by molar-refractivity contribution is 9.09. The molecule has 0 N–H and O–H groups in total. The predicted molar refractivity (Wildman–Crippen MR) is 67.1 cm³/mol. The molecule has 1 heteroatoms. The van der Waals surface area contributed by atoms with E-state index < -0.39 is 0 Å². The quantitative estimate of drug-likeness (QED) is 0.680. The summed E-state index contributed by atoms with van der Waals surface area (Å²) in [6, 6.07) is 8.86. The Morgan fingerprint density at radius 2 is 1.79 bits per heavy atom. The third kappa shape index (κ3) is 4.28. The molecule has 0 nitrogen and oxygen atoms in total. The van der Waals surface area contributed by atoms with Crippen LogP contribution in [-0.4, -0.2) is 4.83 Å². The van der Waals surface area contributed by atoms with E-state index in [-0.39, 0.29) is 0 Å². The lowest BCUT2D eigenvalue weighted by molar-refractivity contribution is 0.693. The van der Waals surface area contributed by atoms with Crippen molar-refractivity contribution in [3.8, 4) is 0 Å². The van der Waals surface area contributed by atoms with E-state index in [4.69, 9.17) is 0 Å². The number of hydrogen-bond donors (Lipinski definition) is 0. The largest absolute Gasteiger partial charge is 0.0891 e. The van der Waals surface area contributed by atoms with E-state index >= 15 is 0 Å². The molecule has 0 aromatic heterocycles. The molecule has 1 aromatic rings. The topological polar surface area (TPSA) is 0 Å². The van der Waals surface area contributed by atoms with E-state index in [0.717, 1.165) is 0 Å². The Kier molecular flexibility index (Phi) is 5.24. The lowest BCUT2D eigenvalue weighted by atomic mass is 10.1. The summed E-state index contributed by atoms with van der Waals surface area (Å²) < 4.78 is 0. The second-order valence-electron chi connectivity index (χ2n) is 3.91. The van der Waals surface area contributed by atoms with E-state index in [1.54, 1.807) is 0 Å². The molecule has 1 unspecified atom stereocenters. The summed E-state index contributed by atoms with van der Waals surface area (Å²) in [6.45, 7) is 4.37. The van der Waals surface area contributed by atoms with Crippen molar-refractivity contribution in [3.63, 3.8) is 0 Å². The number of rotatable bonds is 5. The minimum absolute atomic E-state index is 0.689. The molecule has 0 aliphatic rings. The second kappa shape index (κ2) is 6.23. The lowest BCUT2D eigenvalue weighted by Crippen LogP contribution is -1.99. The van der Waals surface area contributed by atoms with Gasteiger partial charge in [0.1, 0.15) is 0 Å². The van der Waals surface area contributed by atoms with Crippen LogP contribution in [0.5, 0.6) is 0 Å². The van der Waals surface area contributed by atoms with E-state index in [0.29, 0.717) is 4.83 Å². The molecule has 1 aromatic carbocycles. The van der Waals surface area contributed by atoms with E-state index in [2.05, 4.69) is 54.0 Å². The molecule has 0 fully saturated rings. The molecule has 78 valence electrons. The smallest absolute Gasteiger partial charge is 0.0148 e.